The number of H-pyrrole nitrogens is 1. The summed E-state index contributed by atoms with van der Waals surface area (Å²) in [5.74, 6) is 1.06. The van der Waals surface area contributed by atoms with E-state index in [1.807, 2.05) is 49.4 Å². The summed E-state index contributed by atoms with van der Waals surface area (Å²) in [6.07, 6.45) is -0.0529. The van der Waals surface area contributed by atoms with Gasteiger partial charge < -0.3 is 40.4 Å². The van der Waals surface area contributed by atoms with Gasteiger partial charge >= 0.3 is 0 Å². The van der Waals surface area contributed by atoms with E-state index in [1.54, 1.807) is 26.4 Å². The highest BCUT2D eigenvalue weighted by Crippen LogP contribution is 2.28. The maximum atomic E-state index is 12.9. The van der Waals surface area contributed by atoms with Crippen molar-refractivity contribution in [3.63, 3.8) is 0 Å². The van der Waals surface area contributed by atoms with Crippen LogP contribution in [0.25, 0.3) is 10.9 Å². The van der Waals surface area contributed by atoms with Crippen molar-refractivity contribution in [1.29, 1.82) is 0 Å². The van der Waals surface area contributed by atoms with Crippen molar-refractivity contribution >= 4 is 16.8 Å². The molecule has 1 heterocycles. The number of nitrogens with one attached hydrogen (secondary N) is 3. The fraction of sp³-hybridized carbons (Fsp3) is 0.300. The molecule has 0 aliphatic rings. The number of fused-ring (bicyclic) bond motifs is 1. The number of aromatic nitrogens is 1. The molecule has 3 aromatic carbocycles. The average Bonchev–Trinajstić information content (AvgIpc) is 3.38. The molecule has 39 heavy (non-hydrogen) atoms. The second-order valence-electron chi connectivity index (χ2n) is 9.50. The van der Waals surface area contributed by atoms with Gasteiger partial charge in [-0.1, -0.05) is 18.2 Å². The minimum Gasteiger partial charge on any atom is -0.508 e. The third kappa shape index (κ3) is 6.69. The Morgan fingerprint density at radius 2 is 1.77 bits per heavy atom. The van der Waals surface area contributed by atoms with Gasteiger partial charge in [0.2, 0.25) is 0 Å². The van der Waals surface area contributed by atoms with Crippen LogP contribution < -0.4 is 20.1 Å². The van der Waals surface area contributed by atoms with E-state index in [9.17, 15) is 20.1 Å². The molecular weight excluding hydrogens is 498 g/mol. The molecule has 4 rings (SSSR count). The molecule has 0 aliphatic heterocycles. The average molecular weight is 534 g/mol. The molecule has 2 atom stereocenters. The maximum Gasteiger partial charge on any atom is 0.268 e. The molecule has 0 fully saturated rings. The van der Waals surface area contributed by atoms with E-state index in [0.29, 0.717) is 34.9 Å². The monoisotopic (exact) mass is 533 g/mol. The molecule has 1 amide bonds. The van der Waals surface area contributed by atoms with Crippen LogP contribution in [-0.4, -0.2) is 53.0 Å². The number of rotatable bonds is 12. The van der Waals surface area contributed by atoms with E-state index in [0.717, 1.165) is 28.5 Å². The summed E-state index contributed by atoms with van der Waals surface area (Å²) < 4.78 is 10.8. The predicted octanol–water partition coefficient (Wildman–Crippen LogP) is 3.57. The number of aliphatic hydroxyl groups is 2. The van der Waals surface area contributed by atoms with Gasteiger partial charge in [0.05, 0.1) is 39.0 Å². The number of aliphatic hydroxyl groups excluding tert-OH is 2. The Morgan fingerprint density at radius 1 is 1.03 bits per heavy atom. The molecule has 1 aromatic heterocycles. The molecule has 0 bridgehead atoms. The molecule has 9 nitrogen and oxygen atoms in total. The second kappa shape index (κ2) is 12.7. The Morgan fingerprint density at radius 3 is 2.46 bits per heavy atom. The Labute approximate surface area is 227 Å². The first kappa shape index (κ1) is 28.0. The van der Waals surface area contributed by atoms with E-state index in [-0.39, 0.29) is 30.9 Å². The van der Waals surface area contributed by atoms with Crippen LogP contribution in [0, 0.1) is 0 Å². The van der Waals surface area contributed by atoms with Crippen LogP contribution in [0.15, 0.2) is 60.7 Å². The van der Waals surface area contributed by atoms with Crippen molar-refractivity contribution in [3.8, 4) is 17.2 Å². The minimum absolute atomic E-state index is 0.00669. The summed E-state index contributed by atoms with van der Waals surface area (Å²) >= 11 is 0. The quantitative estimate of drug-likeness (QED) is 0.164. The van der Waals surface area contributed by atoms with Gasteiger partial charge in [0.1, 0.15) is 22.9 Å². The van der Waals surface area contributed by atoms with E-state index in [4.69, 9.17) is 9.47 Å². The molecule has 0 aliphatic carbocycles. The van der Waals surface area contributed by atoms with Crippen LogP contribution >= 0.6 is 0 Å². The van der Waals surface area contributed by atoms with Gasteiger partial charge in [0.25, 0.3) is 5.91 Å². The summed E-state index contributed by atoms with van der Waals surface area (Å²) in [4.78, 5) is 16.1. The first-order valence-electron chi connectivity index (χ1n) is 12.8. The second-order valence-corrected chi connectivity index (χ2v) is 9.50. The number of benzene rings is 3. The van der Waals surface area contributed by atoms with Gasteiger partial charge in [0.15, 0.2) is 0 Å². The Bertz CT molecular complexity index is 1410. The zero-order valence-electron chi connectivity index (χ0n) is 22.3. The normalized spacial score (nSPS) is 12.7. The molecular formula is C30H35N3O6. The van der Waals surface area contributed by atoms with Gasteiger partial charge in [-0.15, -0.1) is 0 Å². The number of methoxy groups -OCH3 is 2. The van der Waals surface area contributed by atoms with Crippen molar-refractivity contribution in [3.05, 3.63) is 88.6 Å². The first-order valence-corrected chi connectivity index (χ1v) is 12.8. The smallest absolute Gasteiger partial charge is 0.268 e. The van der Waals surface area contributed by atoms with Crippen LogP contribution in [0.2, 0.25) is 0 Å². The lowest BCUT2D eigenvalue weighted by molar-refractivity contribution is 0.0946. The largest absolute Gasteiger partial charge is 0.508 e. The molecule has 4 aromatic rings. The van der Waals surface area contributed by atoms with Crippen molar-refractivity contribution in [1.82, 2.24) is 15.6 Å². The van der Waals surface area contributed by atoms with Crippen LogP contribution in [0.4, 0.5) is 0 Å². The van der Waals surface area contributed by atoms with Gasteiger partial charge in [-0.05, 0) is 66.9 Å². The van der Waals surface area contributed by atoms with E-state index in [2.05, 4.69) is 15.6 Å². The Hall–Kier alpha value is -4.05. The van der Waals surface area contributed by atoms with Gasteiger partial charge in [0, 0.05) is 29.1 Å². The van der Waals surface area contributed by atoms with Crippen molar-refractivity contribution < 1.29 is 29.6 Å². The molecule has 0 spiro atoms. The lowest BCUT2D eigenvalue weighted by Gasteiger charge is -2.18. The molecule has 0 saturated heterocycles. The summed E-state index contributed by atoms with van der Waals surface area (Å²) in [5.41, 5.74) is 4.18. The fourth-order valence-electron chi connectivity index (χ4n) is 4.59. The molecule has 206 valence electrons. The van der Waals surface area contributed by atoms with E-state index >= 15 is 0 Å². The number of aromatic hydroxyl groups is 1. The highest BCUT2D eigenvalue weighted by atomic mass is 16.5. The van der Waals surface area contributed by atoms with Crippen molar-refractivity contribution in [2.24, 2.45) is 0 Å². The number of hydrogen-bond donors (Lipinski definition) is 6. The van der Waals surface area contributed by atoms with Gasteiger partial charge in [-0.2, -0.15) is 0 Å². The maximum absolute atomic E-state index is 12.9. The summed E-state index contributed by atoms with van der Waals surface area (Å²) in [5, 5.41) is 36.8. The lowest BCUT2D eigenvalue weighted by Crippen LogP contribution is -2.32. The topological polar surface area (TPSA) is 136 Å². The van der Waals surface area contributed by atoms with Crippen LogP contribution in [-0.2, 0) is 19.6 Å². The first-order chi connectivity index (χ1) is 18.8. The zero-order valence-corrected chi connectivity index (χ0v) is 22.3. The SMILES string of the molecule is COc1cccc(OC)c1CNC(=O)c1cc2cc(CC(C)NCC(O)c3ccc(O)c(CO)c3)ccc2[nH]1. The van der Waals surface area contributed by atoms with Crippen LogP contribution in [0.5, 0.6) is 17.2 Å². The molecule has 0 saturated carbocycles. The fourth-order valence-corrected chi connectivity index (χ4v) is 4.59. The van der Waals surface area contributed by atoms with E-state index < -0.39 is 6.10 Å². The zero-order chi connectivity index (χ0) is 27.9. The number of ether oxygens (including phenoxy) is 2. The van der Waals surface area contributed by atoms with Crippen LogP contribution in [0.3, 0.4) is 0 Å². The summed E-state index contributed by atoms with van der Waals surface area (Å²) in [7, 11) is 3.16. The number of amides is 1. The standard InChI is InChI=1S/C30H35N3O6/c1-18(31-16-27(36)20-8-10-26(35)22(13-20)17-34)11-19-7-9-24-21(12-19)14-25(33-24)30(37)32-15-23-28(38-2)5-4-6-29(23)39-3/h4-10,12-14,18,27,31,33-36H,11,15-17H2,1-3H3,(H,32,37). The highest BCUT2D eigenvalue weighted by Gasteiger charge is 2.15. The number of aromatic amines is 1. The lowest BCUT2D eigenvalue weighted by atomic mass is 10.0. The Balaban J connectivity index is 1.35. The predicted molar refractivity (Wildman–Crippen MR) is 149 cm³/mol. The molecule has 0 radical (unpaired) electrons. The number of carbonyl (C=O) groups excluding carboxylic acids is 1. The molecule has 9 heteroatoms. The highest BCUT2D eigenvalue weighted by molar-refractivity contribution is 5.98. The summed E-state index contributed by atoms with van der Waals surface area (Å²) in [6, 6.07) is 18.1. The molecule has 2 unspecified atom stereocenters. The summed E-state index contributed by atoms with van der Waals surface area (Å²) in [6.45, 7) is 2.32. The third-order valence-electron chi connectivity index (χ3n) is 6.75. The minimum atomic E-state index is -0.776. The van der Waals surface area contributed by atoms with Crippen molar-refractivity contribution in [2.45, 2.75) is 38.6 Å². The van der Waals surface area contributed by atoms with Crippen LogP contribution in [0.1, 0.15) is 45.8 Å². The van der Waals surface area contributed by atoms with E-state index in [1.165, 1.54) is 6.07 Å². The van der Waals surface area contributed by atoms with Gasteiger partial charge in [-0.25, -0.2) is 0 Å². The number of hydrogen-bond acceptors (Lipinski definition) is 7. The number of carbonyl (C=O) groups is 1. The third-order valence-corrected chi connectivity index (χ3v) is 6.75. The molecule has 6 N–H and O–H groups in total. The number of phenols is 1. The van der Waals surface area contributed by atoms with Crippen molar-refractivity contribution in [2.75, 3.05) is 20.8 Å². The Kier molecular flexibility index (Phi) is 9.08. The van der Waals surface area contributed by atoms with Gasteiger partial charge in [-0.3, -0.25) is 4.79 Å².